The van der Waals surface area contributed by atoms with Gasteiger partial charge in [0.25, 0.3) is 0 Å². The van der Waals surface area contributed by atoms with Gasteiger partial charge in [0.05, 0.1) is 11.6 Å². The van der Waals surface area contributed by atoms with E-state index in [2.05, 4.69) is 5.32 Å². The van der Waals surface area contributed by atoms with Gasteiger partial charge in [-0.3, -0.25) is 4.79 Å². The normalized spacial score (nSPS) is 18.5. The summed E-state index contributed by atoms with van der Waals surface area (Å²) in [6, 6.07) is 13.9. The van der Waals surface area contributed by atoms with E-state index in [9.17, 15) is 9.90 Å². The molecule has 1 aliphatic carbocycles. The van der Waals surface area contributed by atoms with Crippen molar-refractivity contribution in [2.24, 2.45) is 5.73 Å². The maximum atomic E-state index is 12.3. The largest absolute Gasteiger partial charge is 0.387 e. The fourth-order valence-corrected chi connectivity index (χ4v) is 3.31. The SMILES string of the molecule is NC1(C(=O)NCC(O)c2ccc3ccccc3c2)CCCCC1. The number of aliphatic hydroxyl groups is 1. The highest BCUT2D eigenvalue weighted by atomic mass is 16.3. The van der Waals surface area contributed by atoms with Crippen LogP contribution in [-0.4, -0.2) is 23.1 Å². The van der Waals surface area contributed by atoms with Gasteiger partial charge in [-0.05, 0) is 35.2 Å². The molecule has 1 aliphatic rings. The first-order valence-corrected chi connectivity index (χ1v) is 8.32. The molecule has 4 N–H and O–H groups in total. The van der Waals surface area contributed by atoms with Crippen LogP contribution in [0.1, 0.15) is 43.8 Å². The topological polar surface area (TPSA) is 75.4 Å². The zero-order valence-corrected chi connectivity index (χ0v) is 13.3. The number of hydrogen-bond donors (Lipinski definition) is 3. The van der Waals surface area contributed by atoms with Crippen molar-refractivity contribution in [2.45, 2.75) is 43.7 Å². The van der Waals surface area contributed by atoms with E-state index >= 15 is 0 Å². The second kappa shape index (κ2) is 6.69. The summed E-state index contributed by atoms with van der Waals surface area (Å²) in [7, 11) is 0. The van der Waals surface area contributed by atoms with Crippen LogP contribution in [0.25, 0.3) is 10.8 Å². The van der Waals surface area contributed by atoms with Gasteiger partial charge in [-0.15, -0.1) is 0 Å². The maximum absolute atomic E-state index is 12.3. The predicted molar refractivity (Wildman–Crippen MR) is 91.9 cm³/mol. The molecule has 0 saturated heterocycles. The van der Waals surface area contributed by atoms with Gasteiger partial charge in [-0.1, -0.05) is 55.7 Å². The van der Waals surface area contributed by atoms with Gasteiger partial charge < -0.3 is 16.2 Å². The molecule has 0 bridgehead atoms. The Hall–Kier alpha value is -1.91. The van der Waals surface area contributed by atoms with Crippen molar-refractivity contribution in [1.82, 2.24) is 5.32 Å². The first-order chi connectivity index (χ1) is 11.1. The van der Waals surface area contributed by atoms with Crippen LogP contribution in [0.4, 0.5) is 0 Å². The minimum Gasteiger partial charge on any atom is -0.387 e. The van der Waals surface area contributed by atoms with Crippen molar-refractivity contribution in [1.29, 1.82) is 0 Å². The molecule has 122 valence electrons. The standard InChI is InChI=1S/C19H24N2O2/c20-19(10-4-1-5-11-19)18(23)21-13-17(22)16-9-8-14-6-2-3-7-15(14)12-16/h2-3,6-9,12,17,22H,1,4-5,10-11,13,20H2,(H,21,23). The predicted octanol–water partition coefficient (Wildman–Crippen LogP) is 2.65. The summed E-state index contributed by atoms with van der Waals surface area (Å²) in [4.78, 5) is 12.3. The molecular formula is C19H24N2O2. The molecular weight excluding hydrogens is 288 g/mol. The number of fused-ring (bicyclic) bond motifs is 1. The Bertz CT molecular complexity index is 693. The van der Waals surface area contributed by atoms with Crippen LogP contribution >= 0.6 is 0 Å². The summed E-state index contributed by atoms with van der Waals surface area (Å²) in [5.74, 6) is -0.142. The van der Waals surface area contributed by atoms with E-state index in [0.29, 0.717) is 0 Å². The average molecular weight is 312 g/mol. The van der Waals surface area contributed by atoms with Crippen LogP contribution < -0.4 is 11.1 Å². The quantitative estimate of drug-likeness (QED) is 0.812. The van der Waals surface area contributed by atoms with E-state index in [-0.39, 0.29) is 12.5 Å². The monoisotopic (exact) mass is 312 g/mol. The van der Waals surface area contributed by atoms with Crippen molar-refractivity contribution in [3.63, 3.8) is 0 Å². The smallest absolute Gasteiger partial charge is 0.240 e. The molecule has 0 radical (unpaired) electrons. The summed E-state index contributed by atoms with van der Waals surface area (Å²) in [5, 5.41) is 15.4. The summed E-state index contributed by atoms with van der Waals surface area (Å²) >= 11 is 0. The molecule has 0 aliphatic heterocycles. The second-order valence-electron chi connectivity index (χ2n) is 6.55. The Balaban J connectivity index is 1.63. The highest BCUT2D eigenvalue weighted by Crippen LogP contribution is 2.26. The lowest BCUT2D eigenvalue weighted by Gasteiger charge is -2.32. The fraction of sp³-hybridized carbons (Fsp3) is 0.421. The van der Waals surface area contributed by atoms with E-state index in [4.69, 9.17) is 5.73 Å². The van der Waals surface area contributed by atoms with Gasteiger partial charge in [0, 0.05) is 6.54 Å². The van der Waals surface area contributed by atoms with Crippen LogP contribution in [0.2, 0.25) is 0 Å². The molecule has 0 heterocycles. The zero-order chi connectivity index (χ0) is 16.3. The van der Waals surface area contributed by atoms with E-state index < -0.39 is 11.6 Å². The number of hydrogen-bond acceptors (Lipinski definition) is 3. The molecule has 1 amide bonds. The van der Waals surface area contributed by atoms with Gasteiger partial charge >= 0.3 is 0 Å². The van der Waals surface area contributed by atoms with Gasteiger partial charge in [-0.2, -0.15) is 0 Å². The molecule has 23 heavy (non-hydrogen) atoms. The Kier molecular flexibility index (Phi) is 4.64. The molecule has 0 spiro atoms. The number of amides is 1. The second-order valence-corrected chi connectivity index (χ2v) is 6.55. The Morgan fingerprint density at radius 2 is 1.83 bits per heavy atom. The molecule has 4 nitrogen and oxygen atoms in total. The summed E-state index contributed by atoms with van der Waals surface area (Å²) in [6.07, 6.45) is 3.87. The molecule has 4 heteroatoms. The molecule has 1 saturated carbocycles. The zero-order valence-electron chi connectivity index (χ0n) is 13.3. The third kappa shape index (κ3) is 3.54. The van der Waals surface area contributed by atoms with Crippen LogP contribution in [0.15, 0.2) is 42.5 Å². The van der Waals surface area contributed by atoms with E-state index in [1.165, 1.54) is 0 Å². The van der Waals surface area contributed by atoms with Gasteiger partial charge in [0.15, 0.2) is 0 Å². The molecule has 1 unspecified atom stereocenters. The highest BCUT2D eigenvalue weighted by molar-refractivity contribution is 5.86. The number of carbonyl (C=O) groups is 1. The van der Waals surface area contributed by atoms with E-state index in [1.807, 2.05) is 42.5 Å². The maximum Gasteiger partial charge on any atom is 0.240 e. The molecule has 0 aromatic heterocycles. The third-order valence-electron chi connectivity index (χ3n) is 4.81. The van der Waals surface area contributed by atoms with Crippen molar-refractivity contribution in [3.8, 4) is 0 Å². The Labute approximate surface area is 136 Å². The van der Waals surface area contributed by atoms with Crippen molar-refractivity contribution in [3.05, 3.63) is 48.0 Å². The minimum absolute atomic E-state index is 0.142. The Morgan fingerprint density at radius 3 is 2.57 bits per heavy atom. The van der Waals surface area contributed by atoms with Crippen LogP contribution in [0.3, 0.4) is 0 Å². The first-order valence-electron chi connectivity index (χ1n) is 8.32. The summed E-state index contributed by atoms with van der Waals surface area (Å²) in [5.41, 5.74) is 6.25. The minimum atomic E-state index is -0.763. The lowest BCUT2D eigenvalue weighted by Crippen LogP contribution is -2.55. The average Bonchev–Trinajstić information content (AvgIpc) is 2.59. The van der Waals surface area contributed by atoms with Crippen molar-refractivity contribution < 1.29 is 9.90 Å². The number of nitrogens with one attached hydrogen (secondary N) is 1. The number of carbonyl (C=O) groups excluding carboxylic acids is 1. The van der Waals surface area contributed by atoms with Crippen LogP contribution in [-0.2, 0) is 4.79 Å². The van der Waals surface area contributed by atoms with Gasteiger partial charge in [0.1, 0.15) is 0 Å². The summed E-state index contributed by atoms with van der Waals surface area (Å²) < 4.78 is 0. The molecule has 1 fully saturated rings. The molecule has 1 atom stereocenters. The lowest BCUT2D eigenvalue weighted by molar-refractivity contribution is -0.128. The third-order valence-corrected chi connectivity index (χ3v) is 4.81. The number of aliphatic hydroxyl groups excluding tert-OH is 1. The van der Waals surface area contributed by atoms with Crippen molar-refractivity contribution in [2.75, 3.05) is 6.54 Å². The number of rotatable bonds is 4. The molecule has 2 aromatic rings. The Morgan fingerprint density at radius 1 is 1.13 bits per heavy atom. The lowest BCUT2D eigenvalue weighted by atomic mass is 9.82. The van der Waals surface area contributed by atoms with E-state index in [0.717, 1.165) is 48.4 Å². The van der Waals surface area contributed by atoms with E-state index in [1.54, 1.807) is 0 Å². The molecule has 3 rings (SSSR count). The van der Waals surface area contributed by atoms with Crippen LogP contribution in [0.5, 0.6) is 0 Å². The molecule has 2 aromatic carbocycles. The van der Waals surface area contributed by atoms with Gasteiger partial charge in [-0.25, -0.2) is 0 Å². The first kappa shape index (κ1) is 16.0. The van der Waals surface area contributed by atoms with Crippen LogP contribution in [0, 0.1) is 0 Å². The van der Waals surface area contributed by atoms with Crippen molar-refractivity contribution >= 4 is 16.7 Å². The number of benzene rings is 2. The summed E-state index contributed by atoms with van der Waals surface area (Å²) in [6.45, 7) is 0.191. The number of nitrogens with two attached hydrogens (primary N) is 1. The fourth-order valence-electron chi connectivity index (χ4n) is 3.31. The van der Waals surface area contributed by atoms with Gasteiger partial charge in [0.2, 0.25) is 5.91 Å². The highest BCUT2D eigenvalue weighted by Gasteiger charge is 2.35.